The summed E-state index contributed by atoms with van der Waals surface area (Å²) in [4.78, 5) is 0. The number of hydrogen-bond donors (Lipinski definition) is 1. The van der Waals surface area contributed by atoms with E-state index in [1.54, 1.807) is 0 Å². The fraction of sp³-hybridized carbons (Fsp3) is 0. The molecule has 0 amide bonds. The predicted molar refractivity (Wildman–Crippen MR) is 131 cm³/mol. The first-order valence-corrected chi connectivity index (χ1v) is 10.3. The van der Waals surface area contributed by atoms with Gasteiger partial charge < -0.3 is 9.68 Å². The molecule has 0 spiro atoms. The minimum Gasteiger partial charge on any atom is -0.537 e. The molecule has 0 fully saturated rings. The number of benzene rings is 6. The Balaban J connectivity index is 1.67. The molecule has 0 saturated heterocycles. The van der Waals surface area contributed by atoms with Crippen molar-refractivity contribution in [3.63, 3.8) is 0 Å². The summed E-state index contributed by atoms with van der Waals surface area (Å²) in [6.07, 6.45) is 0. The molecule has 6 aromatic carbocycles. The molecular weight excluding hydrogens is 379 g/mol. The first-order chi connectivity index (χ1) is 15.3. The van der Waals surface area contributed by atoms with Crippen LogP contribution in [-0.4, -0.2) is 12.7 Å². The van der Waals surface area contributed by atoms with E-state index in [9.17, 15) is 0 Å². The van der Waals surface area contributed by atoms with Gasteiger partial charge in [0.1, 0.15) is 5.75 Å². The highest BCUT2D eigenvalue weighted by molar-refractivity contribution is 6.24. The average molecular weight is 397 g/mol. The molecule has 6 aromatic rings. The highest BCUT2D eigenvalue weighted by Crippen LogP contribution is 2.39. The van der Waals surface area contributed by atoms with Gasteiger partial charge in [0.05, 0.1) is 0 Å². The van der Waals surface area contributed by atoms with Crippen LogP contribution in [0.3, 0.4) is 0 Å². The second kappa shape index (κ2) is 7.15. The van der Waals surface area contributed by atoms with E-state index in [1.165, 1.54) is 43.4 Å². The number of rotatable bonds is 3. The summed E-state index contributed by atoms with van der Waals surface area (Å²) in [5, 5.41) is 18.7. The molecule has 1 N–H and O–H groups in total. The Morgan fingerprint density at radius 1 is 0.548 bits per heavy atom. The van der Waals surface area contributed by atoms with Gasteiger partial charge in [-0.2, -0.15) is 0 Å². The Kier molecular flexibility index (Phi) is 4.15. The van der Waals surface area contributed by atoms with Gasteiger partial charge in [0.2, 0.25) is 0 Å². The summed E-state index contributed by atoms with van der Waals surface area (Å²) < 4.78 is 5.11. The number of fused-ring (bicyclic) bond motifs is 6. The van der Waals surface area contributed by atoms with Crippen LogP contribution in [0.1, 0.15) is 0 Å². The Bertz CT molecular complexity index is 1590. The van der Waals surface area contributed by atoms with Gasteiger partial charge >= 0.3 is 7.69 Å². The molecule has 6 rings (SSSR count). The molecule has 31 heavy (non-hydrogen) atoms. The molecule has 0 unspecified atom stereocenters. The zero-order valence-electron chi connectivity index (χ0n) is 16.7. The topological polar surface area (TPSA) is 29.5 Å². The van der Waals surface area contributed by atoms with Crippen LogP contribution >= 0.6 is 0 Å². The van der Waals surface area contributed by atoms with Crippen molar-refractivity contribution >= 4 is 50.8 Å². The van der Waals surface area contributed by atoms with Gasteiger partial charge in [-0.05, 0) is 78.5 Å². The van der Waals surface area contributed by atoms with Crippen molar-refractivity contribution in [2.24, 2.45) is 0 Å². The van der Waals surface area contributed by atoms with Crippen molar-refractivity contribution in [3.8, 4) is 16.9 Å². The maximum Gasteiger partial charge on any atom is 0.569 e. The molecule has 0 heterocycles. The van der Waals surface area contributed by atoms with Crippen LogP contribution < -0.4 is 4.65 Å². The highest BCUT2D eigenvalue weighted by Gasteiger charge is 2.12. The monoisotopic (exact) mass is 397 g/mol. The SMILES string of the molecule is O[B]Oc1ccc2cc(-c3cc4ccccc4c4c3ccc3ccccc34)ccc2c1. The molecule has 145 valence electrons. The maximum absolute atomic E-state index is 8.90. The second-order valence-corrected chi connectivity index (χ2v) is 7.80. The maximum atomic E-state index is 8.90. The van der Waals surface area contributed by atoms with Crippen LogP contribution in [0.4, 0.5) is 0 Å². The largest absolute Gasteiger partial charge is 0.569 e. The van der Waals surface area contributed by atoms with Crippen LogP contribution in [-0.2, 0) is 0 Å². The molecule has 0 saturated carbocycles. The zero-order chi connectivity index (χ0) is 20.8. The summed E-state index contributed by atoms with van der Waals surface area (Å²) in [5.41, 5.74) is 2.41. The first-order valence-electron chi connectivity index (χ1n) is 10.3. The fourth-order valence-corrected chi connectivity index (χ4v) is 4.63. The van der Waals surface area contributed by atoms with E-state index in [4.69, 9.17) is 9.68 Å². The minimum absolute atomic E-state index is 0.616. The van der Waals surface area contributed by atoms with E-state index in [-0.39, 0.29) is 0 Å². The molecule has 0 aliphatic heterocycles. The molecule has 0 bridgehead atoms. The lowest BCUT2D eigenvalue weighted by molar-refractivity contribution is 0.454. The standard InChI is InChI=1S/C28H18BO2/c30-29-31-23-13-11-19-15-22(10-9-20(19)16-23)27-17-21-6-2-4-8-25(21)28-24-7-3-1-5-18(24)12-14-26(27)28/h1-17,30H. The summed E-state index contributed by atoms with van der Waals surface area (Å²) >= 11 is 0. The third-order valence-corrected chi connectivity index (χ3v) is 6.06. The summed E-state index contributed by atoms with van der Waals surface area (Å²) in [6.45, 7) is 0. The average Bonchev–Trinajstić information content (AvgIpc) is 2.83. The molecule has 0 aliphatic rings. The van der Waals surface area contributed by atoms with Gasteiger partial charge in [-0.1, -0.05) is 78.9 Å². The Morgan fingerprint density at radius 3 is 2.06 bits per heavy atom. The van der Waals surface area contributed by atoms with Gasteiger partial charge in [-0.15, -0.1) is 0 Å². The molecule has 0 aromatic heterocycles. The molecule has 1 radical (unpaired) electrons. The van der Waals surface area contributed by atoms with Gasteiger partial charge in [0.25, 0.3) is 0 Å². The lowest BCUT2D eigenvalue weighted by atomic mass is 9.90. The van der Waals surface area contributed by atoms with E-state index in [0.29, 0.717) is 13.4 Å². The van der Waals surface area contributed by atoms with E-state index < -0.39 is 0 Å². The third kappa shape index (κ3) is 2.94. The Labute approximate surface area is 180 Å². The summed E-state index contributed by atoms with van der Waals surface area (Å²) in [7, 11) is 0.709. The van der Waals surface area contributed by atoms with Crippen molar-refractivity contribution < 1.29 is 9.68 Å². The van der Waals surface area contributed by atoms with E-state index in [0.717, 1.165) is 10.8 Å². The summed E-state index contributed by atoms with van der Waals surface area (Å²) in [6, 6.07) is 36.3. The van der Waals surface area contributed by atoms with Gasteiger partial charge in [0.15, 0.2) is 0 Å². The van der Waals surface area contributed by atoms with Crippen molar-refractivity contribution in [3.05, 3.63) is 103 Å². The molecule has 0 aliphatic carbocycles. The zero-order valence-corrected chi connectivity index (χ0v) is 16.7. The van der Waals surface area contributed by atoms with Gasteiger partial charge in [-0.3, -0.25) is 0 Å². The van der Waals surface area contributed by atoms with E-state index in [1.807, 2.05) is 18.2 Å². The highest BCUT2D eigenvalue weighted by atomic mass is 16.5. The van der Waals surface area contributed by atoms with Crippen LogP contribution in [0, 0.1) is 0 Å². The first kappa shape index (κ1) is 18.0. The summed E-state index contributed by atoms with van der Waals surface area (Å²) in [5.74, 6) is 0.616. The molecule has 0 atom stereocenters. The van der Waals surface area contributed by atoms with Gasteiger partial charge in [0, 0.05) is 0 Å². The van der Waals surface area contributed by atoms with Crippen LogP contribution in [0.25, 0.3) is 54.2 Å². The lowest BCUT2D eigenvalue weighted by Gasteiger charge is -2.14. The Morgan fingerprint density at radius 2 is 1.23 bits per heavy atom. The normalized spacial score (nSPS) is 11.4. The lowest BCUT2D eigenvalue weighted by Crippen LogP contribution is -1.99. The minimum atomic E-state index is 0.616. The third-order valence-electron chi connectivity index (χ3n) is 6.06. The van der Waals surface area contributed by atoms with Crippen molar-refractivity contribution in [1.29, 1.82) is 0 Å². The smallest absolute Gasteiger partial charge is 0.537 e. The van der Waals surface area contributed by atoms with Crippen molar-refractivity contribution in [2.75, 3.05) is 0 Å². The molecular formula is C28H18BO2. The van der Waals surface area contributed by atoms with Crippen molar-refractivity contribution in [2.45, 2.75) is 0 Å². The van der Waals surface area contributed by atoms with Crippen molar-refractivity contribution in [1.82, 2.24) is 0 Å². The Hall–Kier alpha value is -3.82. The second-order valence-electron chi connectivity index (χ2n) is 7.80. The van der Waals surface area contributed by atoms with Gasteiger partial charge in [-0.25, -0.2) is 0 Å². The molecule has 3 heteroatoms. The molecule has 2 nitrogen and oxygen atoms in total. The van der Waals surface area contributed by atoms with Crippen LogP contribution in [0.2, 0.25) is 0 Å². The number of hydrogen-bond acceptors (Lipinski definition) is 2. The predicted octanol–water partition coefficient (Wildman–Crippen LogP) is 6.87. The van der Waals surface area contributed by atoms with E-state index in [2.05, 4.69) is 84.9 Å². The van der Waals surface area contributed by atoms with E-state index >= 15 is 0 Å². The van der Waals surface area contributed by atoms with Crippen LogP contribution in [0.5, 0.6) is 5.75 Å². The quantitative estimate of drug-likeness (QED) is 0.261. The fourth-order valence-electron chi connectivity index (χ4n) is 4.63. The van der Waals surface area contributed by atoms with Crippen LogP contribution in [0.15, 0.2) is 103 Å².